The van der Waals surface area contributed by atoms with Gasteiger partial charge in [-0.25, -0.2) is 23.4 Å². The molecule has 4 rings (SSSR count). The highest BCUT2D eigenvalue weighted by atomic mass is 35.7. The van der Waals surface area contributed by atoms with Crippen LogP contribution in [0.25, 0.3) is 0 Å². The van der Waals surface area contributed by atoms with E-state index >= 15 is 0 Å². The van der Waals surface area contributed by atoms with Gasteiger partial charge in [-0.3, -0.25) is 4.79 Å². The van der Waals surface area contributed by atoms with E-state index in [9.17, 15) is 9.59 Å². The minimum Gasteiger partial charge on any atom is -0.464 e. The van der Waals surface area contributed by atoms with E-state index in [1.54, 1.807) is 12.1 Å². The van der Waals surface area contributed by atoms with E-state index in [1.807, 2.05) is 110 Å². The number of hydrogen-bond acceptors (Lipinski definition) is 7. The van der Waals surface area contributed by atoms with Crippen molar-refractivity contribution in [1.82, 2.24) is 5.32 Å². The van der Waals surface area contributed by atoms with Gasteiger partial charge >= 0.3 is 5.97 Å². The second-order valence-electron chi connectivity index (χ2n) is 8.53. The Hall–Kier alpha value is -3.59. The van der Waals surface area contributed by atoms with E-state index in [-0.39, 0.29) is 10.5 Å². The highest BCUT2D eigenvalue weighted by Gasteiger charge is 2.41. The topological polar surface area (TPSA) is 148 Å². The van der Waals surface area contributed by atoms with Crippen LogP contribution in [-0.2, 0) is 9.53 Å². The minimum atomic E-state index is -4.94. The highest BCUT2D eigenvalue weighted by molar-refractivity contribution is 8.00. The number of esters is 1. The summed E-state index contributed by atoms with van der Waals surface area (Å²) in [5, 5.41) is 5.61. The molecule has 0 aromatic heterocycles. The van der Waals surface area contributed by atoms with Crippen molar-refractivity contribution in [2.24, 2.45) is 0 Å². The number of methoxy groups -OCH3 is 1. The molecule has 1 N–H and O–H groups in total. The predicted molar refractivity (Wildman–Crippen MR) is 149 cm³/mol. The average Bonchev–Trinajstić information content (AvgIpc) is 2.97. The van der Waals surface area contributed by atoms with Gasteiger partial charge in [0.05, 0.1) is 11.9 Å². The summed E-state index contributed by atoms with van der Waals surface area (Å²) in [6.45, 7) is 1.94. The van der Waals surface area contributed by atoms with Crippen LogP contribution in [0.15, 0.2) is 126 Å². The Labute approximate surface area is 245 Å². The summed E-state index contributed by atoms with van der Waals surface area (Å²) in [4.78, 5) is 26.4. The van der Waals surface area contributed by atoms with E-state index in [0.717, 1.165) is 21.5 Å². The number of carbonyl (C=O) groups excluding carboxylic acids is 2. The molecule has 0 spiro atoms. The maximum absolute atomic E-state index is 13.2. The number of benzene rings is 4. The first-order valence-electron chi connectivity index (χ1n) is 12.0. The zero-order chi connectivity index (χ0) is 30.0. The van der Waals surface area contributed by atoms with Crippen LogP contribution >= 0.6 is 18.9 Å². The largest absolute Gasteiger partial charge is 0.464 e. The molecule has 0 aliphatic heterocycles. The number of amides is 1. The van der Waals surface area contributed by atoms with Crippen LogP contribution in [0.5, 0.6) is 0 Å². The van der Waals surface area contributed by atoms with Crippen molar-refractivity contribution >= 4 is 46.7 Å². The molecule has 0 aliphatic rings. The Morgan fingerprint density at radius 3 is 1.41 bits per heavy atom. The monoisotopic (exact) mass is 613 g/mol. The second-order valence-corrected chi connectivity index (χ2v) is 13.3. The Balaban J connectivity index is 0.000000850. The maximum atomic E-state index is 13.2. The number of aryl methyl sites for hydroxylation is 1. The smallest absolute Gasteiger partial charge is 0.356 e. The van der Waals surface area contributed by atoms with Gasteiger partial charge in [0.15, 0.2) is 0 Å². The van der Waals surface area contributed by atoms with Gasteiger partial charge in [-0.05, 0) is 42.2 Å². The average molecular weight is 614 g/mol. The number of ether oxygens (including phenoxy) is 1. The van der Waals surface area contributed by atoms with Crippen molar-refractivity contribution in [3.05, 3.63) is 137 Å². The summed E-state index contributed by atoms with van der Waals surface area (Å²) in [5.41, 5.74) is 1.36. The van der Waals surface area contributed by atoms with Crippen molar-refractivity contribution in [2.45, 2.75) is 6.92 Å². The van der Waals surface area contributed by atoms with E-state index in [4.69, 9.17) is 35.0 Å². The van der Waals surface area contributed by atoms with Crippen molar-refractivity contribution in [3.8, 4) is 0 Å². The number of nitrogens with one attached hydrogen (secondary N) is 1. The summed E-state index contributed by atoms with van der Waals surface area (Å²) in [5.74, 6) is -1.16. The molecule has 0 saturated heterocycles. The number of rotatable bonds is 7. The SMILES string of the molecule is COC(=O)/C(NC(=O)c1ccc(C)cc1)=C(/Cl)[P](c1ccccc1)(c1ccccc1)c1ccccc1.[O-][Cl+3]([O-])([O-])[O-]. The summed E-state index contributed by atoms with van der Waals surface area (Å²) in [6.07, 6.45) is 0. The maximum Gasteiger partial charge on any atom is 0.356 e. The lowest BCUT2D eigenvalue weighted by atomic mass is 10.1. The molecule has 1 radical (unpaired) electrons. The molecule has 0 aliphatic carbocycles. The summed E-state index contributed by atoms with van der Waals surface area (Å²) >= 11 is 7.32. The van der Waals surface area contributed by atoms with Crippen LogP contribution in [-0.4, -0.2) is 19.0 Å². The Morgan fingerprint density at radius 2 is 1.07 bits per heavy atom. The lowest BCUT2D eigenvalue weighted by Crippen LogP contribution is -2.68. The van der Waals surface area contributed by atoms with Gasteiger partial charge in [-0.2, -0.15) is 0 Å². The van der Waals surface area contributed by atoms with E-state index in [2.05, 4.69) is 5.32 Å². The molecule has 0 saturated carbocycles. The molecular formula is C30H26Cl2NO7P-. The molecule has 0 bridgehead atoms. The van der Waals surface area contributed by atoms with E-state index < -0.39 is 29.4 Å². The standard InChI is InChI=1S/C30H26ClNO3P.ClHO4/c1-22-18-20-23(21-19-22)29(33)32-27(30(34)35-2)28(31)36(24-12-6-3-7-13-24,25-14-8-4-9-15-25)26-16-10-5-11-17-26;2-1(3,4)5/h3-21H,1-2H3,(H,32,33);(H,2,3,4,5)/p-1/b28-27+;. The number of hydrogen-bond donors (Lipinski definition) is 1. The van der Waals surface area contributed by atoms with Crippen molar-refractivity contribution < 1.29 is 43.2 Å². The van der Waals surface area contributed by atoms with Crippen molar-refractivity contribution in [2.75, 3.05) is 7.11 Å². The molecule has 1 amide bonds. The Kier molecular flexibility index (Phi) is 11.2. The Bertz CT molecular complexity index is 1380. The van der Waals surface area contributed by atoms with E-state index in [1.165, 1.54) is 7.11 Å². The molecule has 11 heteroatoms. The fourth-order valence-corrected chi connectivity index (χ4v) is 9.01. The zero-order valence-corrected chi connectivity index (χ0v) is 24.4. The lowest BCUT2D eigenvalue weighted by molar-refractivity contribution is -2.00. The molecule has 4 aromatic carbocycles. The van der Waals surface area contributed by atoms with Crippen LogP contribution in [0.1, 0.15) is 15.9 Å². The lowest BCUT2D eigenvalue weighted by Gasteiger charge is -2.38. The third-order valence-corrected chi connectivity index (χ3v) is 10.9. The first kappa shape index (κ1) is 31.9. The summed E-state index contributed by atoms with van der Waals surface area (Å²) < 4.78 is 39.3. The highest BCUT2D eigenvalue weighted by Crippen LogP contribution is 2.64. The number of carbonyl (C=O) groups is 2. The van der Waals surface area contributed by atoms with Gasteiger partial charge in [0.2, 0.25) is 0 Å². The molecule has 41 heavy (non-hydrogen) atoms. The minimum absolute atomic E-state index is 0.0744. The van der Waals surface area contributed by atoms with Crippen LogP contribution in [0.3, 0.4) is 0 Å². The van der Waals surface area contributed by atoms with Crippen LogP contribution in [0, 0.1) is 17.2 Å². The molecule has 213 valence electrons. The molecule has 8 nitrogen and oxygen atoms in total. The van der Waals surface area contributed by atoms with Crippen LogP contribution in [0.2, 0.25) is 0 Å². The molecule has 0 atom stereocenters. The molecule has 0 fully saturated rings. The van der Waals surface area contributed by atoms with Gasteiger partial charge in [-0.1, -0.05) is 120 Å². The van der Waals surface area contributed by atoms with Gasteiger partial charge in [0.25, 0.3) is 5.91 Å². The molecular weight excluding hydrogens is 588 g/mol. The summed E-state index contributed by atoms with van der Waals surface area (Å²) in [7, 11) is -6.46. The van der Waals surface area contributed by atoms with Crippen LogP contribution in [0.4, 0.5) is 0 Å². The third kappa shape index (κ3) is 8.22. The molecule has 0 unspecified atom stereocenters. The predicted octanol–water partition coefficient (Wildman–Crippen LogP) is 0.544. The normalized spacial score (nSPS) is 11.9. The summed E-state index contributed by atoms with van der Waals surface area (Å²) in [6, 6.07) is 36.6. The van der Waals surface area contributed by atoms with E-state index in [0.29, 0.717) is 5.56 Å². The molecule has 4 aromatic rings. The second kappa shape index (κ2) is 14.3. The Morgan fingerprint density at radius 1 is 0.707 bits per heavy atom. The van der Waals surface area contributed by atoms with Gasteiger partial charge in [-0.15, -0.1) is 10.2 Å². The fourth-order valence-electron chi connectivity index (χ4n) is 4.09. The first-order chi connectivity index (χ1) is 19.5. The van der Waals surface area contributed by atoms with Gasteiger partial charge in [0.1, 0.15) is 5.70 Å². The fraction of sp³-hybridized carbons (Fsp3) is 0.0667. The zero-order valence-electron chi connectivity index (χ0n) is 22.0. The third-order valence-electron chi connectivity index (χ3n) is 5.87. The molecule has 0 heterocycles. The van der Waals surface area contributed by atoms with Gasteiger partial charge < -0.3 is 10.1 Å². The first-order valence-corrected chi connectivity index (χ1v) is 15.4. The van der Waals surface area contributed by atoms with Gasteiger partial charge in [0, 0.05) is 5.56 Å². The number of halogens is 2. The van der Waals surface area contributed by atoms with Crippen molar-refractivity contribution in [1.29, 1.82) is 0 Å². The van der Waals surface area contributed by atoms with Crippen molar-refractivity contribution in [3.63, 3.8) is 0 Å². The quantitative estimate of drug-likeness (QED) is 0.182. The van der Waals surface area contributed by atoms with Crippen LogP contribution < -0.4 is 39.9 Å².